The fourth-order valence-electron chi connectivity index (χ4n) is 1.02. The highest BCUT2D eigenvalue weighted by molar-refractivity contribution is 6.33. The number of ketones is 1. The van der Waals surface area contributed by atoms with E-state index in [-0.39, 0.29) is 16.4 Å². The number of esters is 2. The summed E-state index contributed by atoms with van der Waals surface area (Å²) in [5, 5.41) is 0.197. The molecular formula is C11H9ClO4. The third-order valence-electron chi connectivity index (χ3n) is 1.69. The van der Waals surface area contributed by atoms with Crippen molar-refractivity contribution in [2.45, 2.75) is 13.3 Å². The first-order chi connectivity index (χ1) is 7.50. The number of ether oxygens (including phenoxy) is 1. The molecule has 0 saturated heterocycles. The van der Waals surface area contributed by atoms with Crippen LogP contribution >= 0.6 is 11.6 Å². The summed E-state index contributed by atoms with van der Waals surface area (Å²) in [5.74, 6) is -2.09. The number of hydrogen-bond donors (Lipinski definition) is 0. The first-order valence-corrected chi connectivity index (χ1v) is 4.87. The summed E-state index contributed by atoms with van der Waals surface area (Å²) >= 11 is 5.73. The molecule has 0 unspecified atom stereocenters. The van der Waals surface area contributed by atoms with Crippen LogP contribution in [0, 0.1) is 0 Å². The van der Waals surface area contributed by atoms with Gasteiger partial charge in [-0.3, -0.25) is 9.59 Å². The third kappa shape index (κ3) is 3.47. The van der Waals surface area contributed by atoms with Gasteiger partial charge in [-0.15, -0.1) is 0 Å². The van der Waals surface area contributed by atoms with Gasteiger partial charge in [-0.05, 0) is 19.1 Å². The molecule has 0 aliphatic rings. The zero-order valence-electron chi connectivity index (χ0n) is 8.53. The molecule has 0 aliphatic heterocycles. The molecule has 1 aromatic carbocycles. The van der Waals surface area contributed by atoms with E-state index in [9.17, 15) is 14.4 Å². The molecule has 16 heavy (non-hydrogen) atoms. The fourth-order valence-corrected chi connectivity index (χ4v) is 1.24. The molecule has 0 spiro atoms. The van der Waals surface area contributed by atoms with Crippen LogP contribution in [0.25, 0.3) is 0 Å². The lowest BCUT2D eigenvalue weighted by atomic mass is 10.2. The van der Waals surface area contributed by atoms with Crippen molar-refractivity contribution in [2.75, 3.05) is 0 Å². The fraction of sp³-hybridized carbons (Fsp3) is 0.182. The molecule has 0 amide bonds. The van der Waals surface area contributed by atoms with Crippen LogP contribution in [0.15, 0.2) is 24.3 Å². The Morgan fingerprint density at radius 2 is 1.88 bits per heavy atom. The van der Waals surface area contributed by atoms with Gasteiger partial charge in [0.05, 0.1) is 10.6 Å². The zero-order valence-corrected chi connectivity index (χ0v) is 9.28. The van der Waals surface area contributed by atoms with Crippen LogP contribution in [0.3, 0.4) is 0 Å². The molecule has 0 saturated carbocycles. The number of carbonyl (C=O) groups excluding carboxylic acids is 3. The highest BCUT2D eigenvalue weighted by Crippen LogP contribution is 2.15. The second-order valence-electron chi connectivity index (χ2n) is 3.12. The zero-order chi connectivity index (χ0) is 12.1. The molecule has 0 bridgehead atoms. The maximum Gasteiger partial charge on any atom is 0.347 e. The highest BCUT2D eigenvalue weighted by Gasteiger charge is 2.16. The molecule has 0 aliphatic carbocycles. The molecule has 0 radical (unpaired) electrons. The molecule has 1 rings (SSSR count). The van der Waals surface area contributed by atoms with Crippen molar-refractivity contribution >= 4 is 29.3 Å². The summed E-state index contributed by atoms with van der Waals surface area (Å²) < 4.78 is 4.44. The Balaban J connectivity index is 2.70. The minimum absolute atomic E-state index is 0.0982. The molecule has 0 aromatic heterocycles. The van der Waals surface area contributed by atoms with Crippen molar-refractivity contribution in [1.82, 2.24) is 0 Å². The number of carbonyl (C=O) groups is 3. The van der Waals surface area contributed by atoms with Gasteiger partial charge in [-0.25, -0.2) is 4.79 Å². The van der Waals surface area contributed by atoms with E-state index in [1.54, 1.807) is 12.1 Å². The second-order valence-corrected chi connectivity index (χ2v) is 3.53. The minimum atomic E-state index is -0.877. The average Bonchev–Trinajstić information content (AvgIpc) is 2.16. The van der Waals surface area contributed by atoms with Gasteiger partial charge in [-0.1, -0.05) is 23.7 Å². The van der Waals surface area contributed by atoms with Crippen molar-refractivity contribution < 1.29 is 19.1 Å². The van der Waals surface area contributed by atoms with E-state index in [0.717, 1.165) is 0 Å². The number of hydrogen-bond acceptors (Lipinski definition) is 4. The summed E-state index contributed by atoms with van der Waals surface area (Å²) in [6.07, 6.45) is -0.420. The van der Waals surface area contributed by atoms with Crippen LogP contribution < -0.4 is 0 Å². The van der Waals surface area contributed by atoms with Gasteiger partial charge < -0.3 is 4.74 Å². The van der Waals surface area contributed by atoms with Gasteiger partial charge in [0, 0.05) is 0 Å². The Hall–Kier alpha value is -1.68. The maximum absolute atomic E-state index is 11.4. The summed E-state index contributed by atoms with van der Waals surface area (Å²) in [7, 11) is 0. The number of Topliss-reactive ketones (excluding diaryl/α,β-unsaturated/α-hetero) is 1. The monoisotopic (exact) mass is 240 g/mol. The van der Waals surface area contributed by atoms with Crippen molar-refractivity contribution in [3.05, 3.63) is 34.9 Å². The summed E-state index contributed by atoms with van der Waals surface area (Å²) in [6, 6.07) is 6.19. The van der Waals surface area contributed by atoms with Crippen molar-refractivity contribution in [1.29, 1.82) is 0 Å². The Morgan fingerprint density at radius 1 is 1.25 bits per heavy atom. The molecule has 0 fully saturated rings. The van der Waals surface area contributed by atoms with Crippen LogP contribution in [-0.4, -0.2) is 17.7 Å². The number of benzene rings is 1. The number of rotatable bonds is 3. The molecule has 4 nitrogen and oxygen atoms in total. The lowest BCUT2D eigenvalue weighted by Gasteiger charge is -2.02. The predicted molar refractivity (Wildman–Crippen MR) is 57.2 cm³/mol. The van der Waals surface area contributed by atoms with Gasteiger partial charge in [0.2, 0.25) is 0 Å². The number of halogens is 1. The first-order valence-electron chi connectivity index (χ1n) is 4.49. The van der Waals surface area contributed by atoms with Crippen LogP contribution in [0.2, 0.25) is 5.02 Å². The Labute approximate surface area is 97.2 Å². The van der Waals surface area contributed by atoms with E-state index < -0.39 is 18.4 Å². The second kappa shape index (κ2) is 5.42. The topological polar surface area (TPSA) is 60.4 Å². The van der Waals surface area contributed by atoms with E-state index in [0.29, 0.717) is 0 Å². The minimum Gasteiger partial charge on any atom is -0.389 e. The Morgan fingerprint density at radius 3 is 2.44 bits per heavy atom. The lowest BCUT2D eigenvalue weighted by molar-refractivity contribution is -0.140. The summed E-state index contributed by atoms with van der Waals surface area (Å²) in [4.78, 5) is 33.1. The SMILES string of the molecule is CC(=O)CC(=O)OC(=O)c1ccccc1Cl. The smallest absolute Gasteiger partial charge is 0.347 e. The molecule has 0 heterocycles. The van der Waals surface area contributed by atoms with Gasteiger partial charge >= 0.3 is 11.9 Å². The van der Waals surface area contributed by atoms with Gasteiger partial charge in [0.25, 0.3) is 0 Å². The summed E-state index contributed by atoms with van der Waals surface area (Å²) in [5.41, 5.74) is 0.0982. The lowest BCUT2D eigenvalue weighted by Crippen LogP contribution is -2.15. The highest BCUT2D eigenvalue weighted by atomic mass is 35.5. The van der Waals surface area contributed by atoms with E-state index in [2.05, 4.69) is 4.74 Å². The van der Waals surface area contributed by atoms with Crippen LogP contribution in [0.5, 0.6) is 0 Å². The van der Waals surface area contributed by atoms with E-state index in [1.165, 1.54) is 19.1 Å². The third-order valence-corrected chi connectivity index (χ3v) is 2.02. The van der Waals surface area contributed by atoms with Crippen LogP contribution in [0.4, 0.5) is 0 Å². The average molecular weight is 241 g/mol. The van der Waals surface area contributed by atoms with Crippen LogP contribution in [-0.2, 0) is 14.3 Å². The summed E-state index contributed by atoms with van der Waals surface area (Å²) in [6.45, 7) is 1.24. The normalized spacial score (nSPS) is 9.62. The van der Waals surface area contributed by atoms with Crippen LogP contribution in [0.1, 0.15) is 23.7 Å². The molecule has 0 N–H and O–H groups in total. The standard InChI is InChI=1S/C11H9ClO4/c1-7(13)6-10(14)16-11(15)8-4-2-3-5-9(8)12/h2-5H,6H2,1H3. The van der Waals surface area contributed by atoms with Crippen molar-refractivity contribution in [3.63, 3.8) is 0 Å². The first kappa shape index (κ1) is 12.4. The molecular weight excluding hydrogens is 232 g/mol. The van der Waals surface area contributed by atoms with E-state index in [1.807, 2.05) is 0 Å². The molecule has 0 atom stereocenters. The van der Waals surface area contributed by atoms with Gasteiger partial charge in [0.15, 0.2) is 0 Å². The van der Waals surface area contributed by atoms with Crippen molar-refractivity contribution in [2.24, 2.45) is 0 Å². The molecule has 84 valence electrons. The largest absolute Gasteiger partial charge is 0.389 e. The van der Waals surface area contributed by atoms with E-state index >= 15 is 0 Å². The quantitative estimate of drug-likeness (QED) is 0.599. The Kier molecular flexibility index (Phi) is 4.19. The van der Waals surface area contributed by atoms with Crippen molar-refractivity contribution in [3.8, 4) is 0 Å². The Bertz CT molecular complexity index is 439. The van der Waals surface area contributed by atoms with Gasteiger partial charge in [-0.2, -0.15) is 0 Å². The molecule has 5 heteroatoms. The predicted octanol–water partition coefficient (Wildman–Crippen LogP) is 2.00. The van der Waals surface area contributed by atoms with E-state index in [4.69, 9.17) is 11.6 Å². The maximum atomic E-state index is 11.4. The molecule has 1 aromatic rings. The van der Waals surface area contributed by atoms with Gasteiger partial charge in [0.1, 0.15) is 12.2 Å².